The molecule has 2 unspecified atom stereocenters. The lowest BCUT2D eigenvalue weighted by atomic mass is 9.91. The molecule has 3 rings (SSSR count). The van der Waals surface area contributed by atoms with Gasteiger partial charge in [0.15, 0.2) is 0 Å². The second-order valence-electron chi connectivity index (χ2n) is 5.75. The van der Waals surface area contributed by atoms with Gasteiger partial charge in [-0.1, -0.05) is 13.0 Å². The van der Waals surface area contributed by atoms with E-state index >= 15 is 0 Å². The van der Waals surface area contributed by atoms with Gasteiger partial charge in [-0.15, -0.1) is 0 Å². The summed E-state index contributed by atoms with van der Waals surface area (Å²) in [5.41, 5.74) is 0.992. The number of fused-ring (bicyclic) bond motifs is 1. The number of hydrogen-bond donors (Lipinski definition) is 2. The van der Waals surface area contributed by atoms with Gasteiger partial charge in [-0.3, -0.25) is 4.79 Å². The molecule has 1 aliphatic heterocycles. The van der Waals surface area contributed by atoms with E-state index in [1.165, 1.54) is 6.07 Å². The molecular weight excluding hydrogens is 271 g/mol. The van der Waals surface area contributed by atoms with E-state index in [0.717, 1.165) is 12.8 Å². The Labute approximate surface area is 122 Å². The number of hydrogen-bond acceptors (Lipinski definition) is 2. The summed E-state index contributed by atoms with van der Waals surface area (Å²) in [5, 5.41) is 9.97. The number of nitrogens with one attached hydrogen (secondary N) is 1. The molecule has 0 bridgehead atoms. The van der Waals surface area contributed by atoms with Gasteiger partial charge in [0.1, 0.15) is 11.5 Å². The summed E-state index contributed by atoms with van der Waals surface area (Å²) in [5.74, 6) is -0.237. The van der Waals surface area contributed by atoms with Crippen LogP contribution in [0.5, 0.6) is 0 Å². The Hall–Kier alpha value is -1.88. The van der Waals surface area contributed by atoms with Crippen LogP contribution in [-0.2, 0) is 0 Å². The lowest BCUT2D eigenvalue weighted by molar-refractivity contribution is 0.0354. The first-order valence-corrected chi connectivity index (χ1v) is 7.31. The Morgan fingerprint density at radius 3 is 3.05 bits per heavy atom. The van der Waals surface area contributed by atoms with Crippen molar-refractivity contribution < 1.29 is 14.3 Å². The molecule has 2 atom stereocenters. The normalized spacial score (nSPS) is 22.7. The molecule has 112 valence electrons. The van der Waals surface area contributed by atoms with Crippen LogP contribution in [0.2, 0.25) is 0 Å². The molecule has 2 N–H and O–H groups in total. The monoisotopic (exact) mass is 290 g/mol. The SMILES string of the molecule is CC1CCCN(C(=O)c2cc3c(F)cccc3[nH]2)C1CO. The molecule has 1 aliphatic rings. The molecule has 0 aliphatic carbocycles. The summed E-state index contributed by atoms with van der Waals surface area (Å²) in [4.78, 5) is 17.3. The van der Waals surface area contributed by atoms with Crippen LogP contribution in [0.3, 0.4) is 0 Å². The molecule has 21 heavy (non-hydrogen) atoms. The fraction of sp³-hybridized carbons (Fsp3) is 0.438. The highest BCUT2D eigenvalue weighted by atomic mass is 19.1. The summed E-state index contributed by atoms with van der Waals surface area (Å²) in [6, 6.07) is 6.13. The van der Waals surface area contributed by atoms with E-state index in [0.29, 0.717) is 23.1 Å². The number of aliphatic hydroxyl groups excluding tert-OH is 1. The van der Waals surface area contributed by atoms with Crippen molar-refractivity contribution >= 4 is 16.8 Å². The van der Waals surface area contributed by atoms with Crippen molar-refractivity contribution in [3.8, 4) is 0 Å². The van der Waals surface area contributed by atoms with E-state index in [-0.39, 0.29) is 30.3 Å². The smallest absolute Gasteiger partial charge is 0.270 e. The number of amides is 1. The molecule has 0 saturated carbocycles. The standard InChI is InChI=1S/C16H19FN2O2/c1-10-4-3-7-19(15(10)9-20)16(21)14-8-11-12(17)5-2-6-13(11)18-14/h2,5-6,8,10,15,18,20H,3-4,7,9H2,1H3. The fourth-order valence-electron chi connectivity index (χ4n) is 3.17. The zero-order valence-electron chi connectivity index (χ0n) is 12.0. The Kier molecular flexibility index (Phi) is 3.68. The highest BCUT2D eigenvalue weighted by molar-refractivity contribution is 5.98. The van der Waals surface area contributed by atoms with Crippen LogP contribution < -0.4 is 0 Å². The Morgan fingerprint density at radius 1 is 1.52 bits per heavy atom. The second-order valence-corrected chi connectivity index (χ2v) is 5.75. The first kappa shape index (κ1) is 14.1. The maximum atomic E-state index is 13.7. The minimum absolute atomic E-state index is 0.0402. The number of aromatic amines is 1. The van der Waals surface area contributed by atoms with Gasteiger partial charge in [0.05, 0.1) is 12.6 Å². The minimum atomic E-state index is -0.339. The second kappa shape index (κ2) is 5.48. The lowest BCUT2D eigenvalue weighted by Gasteiger charge is -2.38. The molecule has 1 amide bonds. The number of rotatable bonds is 2. The summed E-state index contributed by atoms with van der Waals surface area (Å²) in [6.07, 6.45) is 1.94. The van der Waals surface area contributed by atoms with Crippen molar-refractivity contribution in [2.24, 2.45) is 5.92 Å². The van der Waals surface area contributed by atoms with Crippen molar-refractivity contribution in [2.75, 3.05) is 13.2 Å². The molecule has 2 aromatic rings. The predicted molar refractivity (Wildman–Crippen MR) is 78.6 cm³/mol. The highest BCUT2D eigenvalue weighted by Gasteiger charge is 2.32. The molecule has 1 aromatic carbocycles. The van der Waals surface area contributed by atoms with Crippen LogP contribution in [0.1, 0.15) is 30.3 Å². The van der Waals surface area contributed by atoms with Crippen LogP contribution in [0.25, 0.3) is 10.9 Å². The quantitative estimate of drug-likeness (QED) is 0.893. The van der Waals surface area contributed by atoms with Gasteiger partial charge in [0, 0.05) is 17.4 Å². The van der Waals surface area contributed by atoms with Crippen molar-refractivity contribution in [3.05, 3.63) is 35.8 Å². The fourth-order valence-corrected chi connectivity index (χ4v) is 3.17. The Balaban J connectivity index is 1.94. The van der Waals surface area contributed by atoms with Gasteiger partial charge >= 0.3 is 0 Å². The molecule has 0 radical (unpaired) electrons. The van der Waals surface area contributed by atoms with Crippen molar-refractivity contribution in [2.45, 2.75) is 25.8 Å². The zero-order chi connectivity index (χ0) is 15.0. The van der Waals surface area contributed by atoms with Gasteiger partial charge in [0.2, 0.25) is 0 Å². The van der Waals surface area contributed by atoms with E-state index < -0.39 is 0 Å². The van der Waals surface area contributed by atoms with Gasteiger partial charge in [0.25, 0.3) is 5.91 Å². The molecule has 0 spiro atoms. The average Bonchev–Trinajstić information content (AvgIpc) is 2.92. The third kappa shape index (κ3) is 2.42. The molecule has 1 saturated heterocycles. The van der Waals surface area contributed by atoms with E-state index in [9.17, 15) is 14.3 Å². The maximum Gasteiger partial charge on any atom is 0.270 e. The molecular formula is C16H19FN2O2. The van der Waals surface area contributed by atoms with E-state index in [1.54, 1.807) is 23.1 Å². The van der Waals surface area contributed by atoms with Crippen LogP contribution in [0.15, 0.2) is 24.3 Å². The van der Waals surface area contributed by atoms with Crippen LogP contribution in [-0.4, -0.2) is 40.1 Å². The first-order valence-electron chi connectivity index (χ1n) is 7.31. The number of aliphatic hydroxyl groups is 1. The maximum absolute atomic E-state index is 13.7. The van der Waals surface area contributed by atoms with Gasteiger partial charge in [-0.05, 0) is 37.0 Å². The van der Waals surface area contributed by atoms with Crippen LogP contribution in [0.4, 0.5) is 4.39 Å². The van der Waals surface area contributed by atoms with Crippen LogP contribution >= 0.6 is 0 Å². The van der Waals surface area contributed by atoms with E-state index in [1.807, 2.05) is 6.92 Å². The number of likely N-dealkylation sites (tertiary alicyclic amines) is 1. The highest BCUT2D eigenvalue weighted by Crippen LogP contribution is 2.26. The summed E-state index contributed by atoms with van der Waals surface area (Å²) >= 11 is 0. The van der Waals surface area contributed by atoms with Gasteiger partial charge < -0.3 is 15.0 Å². The zero-order valence-corrected chi connectivity index (χ0v) is 12.0. The van der Waals surface area contributed by atoms with Gasteiger partial charge in [-0.25, -0.2) is 4.39 Å². The summed E-state index contributed by atoms with van der Waals surface area (Å²) in [6.45, 7) is 2.64. The van der Waals surface area contributed by atoms with E-state index in [4.69, 9.17) is 0 Å². The molecule has 4 nitrogen and oxygen atoms in total. The predicted octanol–water partition coefficient (Wildman–Crippen LogP) is 2.54. The number of carbonyl (C=O) groups is 1. The summed E-state index contributed by atoms with van der Waals surface area (Å²) < 4.78 is 13.7. The first-order chi connectivity index (χ1) is 10.1. The Bertz CT molecular complexity index is 667. The van der Waals surface area contributed by atoms with Crippen molar-refractivity contribution in [1.29, 1.82) is 0 Å². The number of nitrogens with zero attached hydrogens (tertiary/aromatic N) is 1. The number of aromatic nitrogens is 1. The third-order valence-corrected chi connectivity index (χ3v) is 4.40. The summed E-state index contributed by atoms with van der Waals surface area (Å²) in [7, 11) is 0. The van der Waals surface area contributed by atoms with E-state index in [2.05, 4.69) is 4.98 Å². The van der Waals surface area contributed by atoms with Crippen molar-refractivity contribution in [3.63, 3.8) is 0 Å². The minimum Gasteiger partial charge on any atom is -0.394 e. The Morgan fingerprint density at radius 2 is 2.33 bits per heavy atom. The van der Waals surface area contributed by atoms with Crippen molar-refractivity contribution in [1.82, 2.24) is 9.88 Å². The molecule has 1 fully saturated rings. The third-order valence-electron chi connectivity index (χ3n) is 4.40. The molecule has 5 heteroatoms. The number of H-pyrrole nitrogens is 1. The lowest BCUT2D eigenvalue weighted by Crippen LogP contribution is -2.49. The number of carbonyl (C=O) groups excluding carboxylic acids is 1. The molecule has 2 heterocycles. The molecule has 1 aromatic heterocycles. The van der Waals surface area contributed by atoms with Crippen LogP contribution in [0, 0.1) is 11.7 Å². The number of benzene rings is 1. The van der Waals surface area contributed by atoms with Gasteiger partial charge in [-0.2, -0.15) is 0 Å². The number of halogens is 1. The largest absolute Gasteiger partial charge is 0.394 e. The average molecular weight is 290 g/mol. The topological polar surface area (TPSA) is 56.3 Å². The number of piperidine rings is 1.